The predicted octanol–water partition coefficient (Wildman–Crippen LogP) is -1.43. The molecule has 0 aliphatic carbocycles. The lowest BCUT2D eigenvalue weighted by molar-refractivity contribution is -0.689. The summed E-state index contributed by atoms with van der Waals surface area (Å²) in [5.41, 5.74) is -0.153. The van der Waals surface area contributed by atoms with E-state index < -0.39 is 42.7 Å². The topological polar surface area (TPSA) is 210 Å². The van der Waals surface area contributed by atoms with Crippen LogP contribution >= 0.6 is 31.0 Å². The summed E-state index contributed by atoms with van der Waals surface area (Å²) in [6.45, 7) is 2.22. The summed E-state index contributed by atoms with van der Waals surface area (Å²) in [5.74, 6) is -3.01. The molecule has 2 atom stereocenters. The number of carboxylic acids is 1. The van der Waals surface area contributed by atoms with Gasteiger partial charge in [-0.2, -0.15) is 9.36 Å². The van der Waals surface area contributed by atoms with Crippen LogP contribution < -0.4 is 20.1 Å². The second-order valence-electron chi connectivity index (χ2n) is 8.00. The molecular weight excluding hydrogens is 561 g/mol. The Labute approximate surface area is 224 Å². The van der Waals surface area contributed by atoms with Crippen molar-refractivity contribution in [2.45, 2.75) is 31.3 Å². The van der Waals surface area contributed by atoms with E-state index >= 15 is 0 Å². The number of nitrogens with zero attached hydrogens (tertiary/aromatic N) is 5. The highest BCUT2D eigenvalue weighted by Gasteiger charge is 2.53. The first-order valence-electron chi connectivity index (χ1n) is 11.1. The first kappa shape index (κ1) is 27.7. The Morgan fingerprint density at radius 3 is 2.74 bits per heavy atom. The molecule has 2 aliphatic rings. The van der Waals surface area contributed by atoms with Crippen LogP contribution in [-0.4, -0.2) is 71.3 Å². The molecule has 1 saturated heterocycles. The van der Waals surface area contributed by atoms with Gasteiger partial charge >= 0.3 is 7.75 Å². The van der Waals surface area contributed by atoms with Gasteiger partial charge in [-0.25, -0.2) is 9.13 Å². The van der Waals surface area contributed by atoms with Crippen molar-refractivity contribution in [1.29, 1.82) is 0 Å². The first-order valence-corrected chi connectivity index (χ1v) is 14.5. The standard InChI is InChI=1S/C20H22N7O8PS2/c1-2-8-35-23-12(15-22-20(38-25-15)24-36(32,33)34)16(28)21-13-17(29)27-14(19(30)31)11(10-37-18(13)27)9-26-6-4-3-5-7-26/h3-7,13,18H,2,8-10H2,1H3,(H4-,21,22,24,25,28,30,31,32,33,34)/b23-12+/t13?,18-/m1/s1. The van der Waals surface area contributed by atoms with E-state index in [0.29, 0.717) is 23.5 Å². The number of aromatic nitrogens is 3. The van der Waals surface area contributed by atoms with Crippen LogP contribution in [0.2, 0.25) is 0 Å². The first-order chi connectivity index (χ1) is 18.1. The fourth-order valence-corrected chi connectivity index (χ4v) is 6.22. The van der Waals surface area contributed by atoms with Crippen LogP contribution in [0.3, 0.4) is 0 Å². The maximum Gasteiger partial charge on any atom is 0.429 e. The molecule has 2 amide bonds. The van der Waals surface area contributed by atoms with Gasteiger partial charge in [0.15, 0.2) is 18.9 Å². The lowest BCUT2D eigenvalue weighted by atomic mass is 10.0. The van der Waals surface area contributed by atoms with E-state index in [9.17, 15) is 24.1 Å². The highest BCUT2D eigenvalue weighted by Crippen LogP contribution is 2.40. The minimum absolute atomic E-state index is 0.158. The molecule has 0 radical (unpaired) electrons. The third-order valence-corrected chi connectivity index (χ3v) is 7.85. The van der Waals surface area contributed by atoms with Crippen molar-refractivity contribution in [3.8, 4) is 0 Å². The number of hydrogen-bond acceptors (Lipinski definition) is 11. The summed E-state index contributed by atoms with van der Waals surface area (Å²) in [4.78, 5) is 66.3. The van der Waals surface area contributed by atoms with Crippen LogP contribution in [0.1, 0.15) is 19.2 Å². The highest BCUT2D eigenvalue weighted by molar-refractivity contribution is 8.00. The molecule has 202 valence electrons. The number of carbonyl (C=O) groups is 3. The lowest BCUT2D eigenvalue weighted by Crippen LogP contribution is -2.71. The van der Waals surface area contributed by atoms with Crippen molar-refractivity contribution in [2.75, 3.05) is 17.4 Å². The summed E-state index contributed by atoms with van der Waals surface area (Å²) in [6, 6.07) is 4.34. The normalized spacial score (nSPS) is 19.5. The zero-order chi connectivity index (χ0) is 27.4. The number of β-lactam (4-membered cyclic amide) rings is 1. The van der Waals surface area contributed by atoms with Crippen LogP contribution in [0, 0.1) is 0 Å². The molecule has 2 aromatic rings. The Bertz CT molecular complexity index is 1350. The second-order valence-corrected chi connectivity index (χ2v) is 11.2. The lowest BCUT2D eigenvalue weighted by Gasteiger charge is -2.50. The number of aliphatic carboxylic acids is 1. The molecule has 0 spiro atoms. The van der Waals surface area contributed by atoms with Gasteiger partial charge in [0.1, 0.15) is 18.0 Å². The van der Waals surface area contributed by atoms with Gasteiger partial charge in [0.25, 0.3) is 11.8 Å². The summed E-state index contributed by atoms with van der Waals surface area (Å²) >= 11 is 1.87. The van der Waals surface area contributed by atoms with Crippen molar-refractivity contribution in [2.24, 2.45) is 5.16 Å². The molecule has 1 fully saturated rings. The zero-order valence-electron chi connectivity index (χ0n) is 19.7. The van der Waals surface area contributed by atoms with Crippen molar-refractivity contribution in [1.82, 2.24) is 19.6 Å². The van der Waals surface area contributed by atoms with Crippen molar-refractivity contribution < 1.29 is 43.2 Å². The van der Waals surface area contributed by atoms with Crippen molar-refractivity contribution >= 4 is 59.7 Å². The Morgan fingerprint density at radius 1 is 1.34 bits per heavy atom. The summed E-state index contributed by atoms with van der Waals surface area (Å²) in [6.07, 6.45) is 4.11. The summed E-state index contributed by atoms with van der Waals surface area (Å²) in [5, 5.41) is 19.2. The molecule has 15 nitrogen and oxygen atoms in total. The Kier molecular flexibility index (Phi) is 8.42. The van der Waals surface area contributed by atoms with Crippen molar-refractivity contribution in [3.05, 3.63) is 47.7 Å². The number of carboxylic acid groups (broad SMARTS) is 1. The largest absolute Gasteiger partial charge is 0.543 e. The highest BCUT2D eigenvalue weighted by atomic mass is 32.2. The second kappa shape index (κ2) is 11.6. The molecule has 2 aromatic heterocycles. The number of amides is 2. The van der Waals surface area contributed by atoms with E-state index in [4.69, 9.17) is 14.6 Å². The number of thioether (sulfide) groups is 1. The predicted molar refractivity (Wildman–Crippen MR) is 132 cm³/mol. The molecule has 4 heterocycles. The van der Waals surface area contributed by atoms with Crippen LogP contribution in [0.25, 0.3) is 0 Å². The number of nitrogens with one attached hydrogen (secondary N) is 2. The molecule has 4 rings (SSSR count). The number of carbonyl (C=O) groups excluding carboxylic acids is 3. The van der Waals surface area contributed by atoms with E-state index in [2.05, 4.69) is 19.8 Å². The maximum atomic E-state index is 13.1. The molecular formula is C20H22N7O8PS2. The van der Waals surface area contributed by atoms with Gasteiger partial charge in [0.05, 0.1) is 11.7 Å². The van der Waals surface area contributed by atoms with E-state index in [0.717, 1.165) is 4.90 Å². The third kappa shape index (κ3) is 6.19. The Morgan fingerprint density at radius 2 is 2.08 bits per heavy atom. The minimum atomic E-state index is -4.66. The van der Waals surface area contributed by atoms with E-state index in [1.54, 1.807) is 29.1 Å². The monoisotopic (exact) mass is 583 g/mol. The van der Waals surface area contributed by atoms with Gasteiger partial charge in [-0.05, 0) is 6.42 Å². The summed E-state index contributed by atoms with van der Waals surface area (Å²) in [7, 11) is -4.66. The molecule has 1 unspecified atom stereocenters. The van der Waals surface area contributed by atoms with Gasteiger partial charge in [-0.3, -0.25) is 19.6 Å². The number of pyridine rings is 1. The number of anilines is 1. The number of rotatable bonds is 11. The Hall–Kier alpha value is -3.37. The summed E-state index contributed by atoms with van der Waals surface area (Å²) < 4.78 is 16.8. The van der Waals surface area contributed by atoms with E-state index in [1.165, 1.54) is 11.8 Å². The van der Waals surface area contributed by atoms with Crippen molar-refractivity contribution in [3.63, 3.8) is 0 Å². The quantitative estimate of drug-likeness (QED) is 0.0599. The molecule has 2 aliphatic heterocycles. The van der Waals surface area contributed by atoms with Crippen LogP contribution in [0.15, 0.2) is 47.0 Å². The van der Waals surface area contributed by atoms with E-state index in [-0.39, 0.29) is 35.6 Å². The van der Waals surface area contributed by atoms with Crippen LogP contribution in [0.4, 0.5) is 5.13 Å². The number of fused-ring (bicyclic) bond motifs is 1. The molecule has 0 bridgehead atoms. The Balaban J connectivity index is 1.52. The molecule has 38 heavy (non-hydrogen) atoms. The average Bonchev–Trinajstić information content (AvgIpc) is 3.31. The maximum absolute atomic E-state index is 13.1. The van der Waals surface area contributed by atoms with Gasteiger partial charge in [-0.1, -0.05) is 18.1 Å². The number of oxime groups is 1. The molecule has 0 saturated carbocycles. The smallest absolute Gasteiger partial charge is 0.429 e. The molecule has 4 N–H and O–H groups in total. The fourth-order valence-electron chi connectivity index (χ4n) is 3.64. The molecule has 0 aromatic carbocycles. The van der Waals surface area contributed by atoms with Gasteiger partial charge < -0.3 is 29.8 Å². The number of hydrogen-bond donors (Lipinski definition) is 4. The van der Waals surface area contributed by atoms with Gasteiger partial charge in [0, 0.05) is 35.0 Å². The van der Waals surface area contributed by atoms with Gasteiger partial charge in [0.2, 0.25) is 16.7 Å². The molecule has 18 heteroatoms. The zero-order valence-corrected chi connectivity index (χ0v) is 22.2. The minimum Gasteiger partial charge on any atom is -0.543 e. The third-order valence-electron chi connectivity index (χ3n) is 5.22. The fraction of sp³-hybridized carbons (Fsp3) is 0.350. The van der Waals surface area contributed by atoms with E-state index in [1.807, 2.05) is 18.1 Å². The average molecular weight is 584 g/mol. The van der Waals surface area contributed by atoms with Gasteiger partial charge in [-0.15, -0.1) is 11.8 Å². The SMILES string of the molecule is CCCO/N=C(/C(=O)NC1C(=O)N2C(C(=O)[O-])=C(C[n+]3ccccc3)CS[C@H]12)c1nsc(NP(=O)(O)O)n1. The van der Waals surface area contributed by atoms with Crippen LogP contribution in [-0.2, 0) is 30.3 Å². The van der Waals surface area contributed by atoms with Crippen LogP contribution in [0.5, 0.6) is 0 Å².